The summed E-state index contributed by atoms with van der Waals surface area (Å²) in [6, 6.07) is 18.3. The molecule has 0 radical (unpaired) electrons. The second kappa shape index (κ2) is 7.30. The number of hydrogen-bond donors (Lipinski definition) is 1. The van der Waals surface area contributed by atoms with Crippen molar-refractivity contribution in [3.63, 3.8) is 0 Å². The first-order chi connectivity index (χ1) is 12.7. The molecule has 5 nitrogen and oxygen atoms in total. The highest BCUT2D eigenvalue weighted by molar-refractivity contribution is 6.10. The number of carbonyl (C=O) groups is 2. The van der Waals surface area contributed by atoms with Crippen LogP contribution >= 0.6 is 0 Å². The summed E-state index contributed by atoms with van der Waals surface area (Å²) >= 11 is 0. The Labute approximate surface area is 153 Å². The number of nitrogens with one attached hydrogen (secondary N) is 1. The molecule has 0 saturated carbocycles. The molecule has 2 aromatic carbocycles. The van der Waals surface area contributed by atoms with Crippen LogP contribution in [0.15, 0.2) is 54.6 Å². The molecular formula is C21H23N3O2. The largest absolute Gasteiger partial charge is 0.323 e. The molecular weight excluding hydrogens is 326 g/mol. The number of fused-ring (bicyclic) bond motifs is 1. The highest BCUT2D eigenvalue weighted by atomic mass is 16.2. The van der Waals surface area contributed by atoms with Crippen molar-refractivity contribution in [2.45, 2.75) is 25.3 Å². The number of para-hydroxylation sites is 2. The minimum absolute atomic E-state index is 0.00717. The van der Waals surface area contributed by atoms with E-state index in [-0.39, 0.29) is 18.4 Å². The van der Waals surface area contributed by atoms with E-state index in [1.54, 1.807) is 4.90 Å². The third-order valence-corrected chi connectivity index (χ3v) is 5.22. The molecule has 1 fully saturated rings. The van der Waals surface area contributed by atoms with Gasteiger partial charge in [0, 0.05) is 6.04 Å². The van der Waals surface area contributed by atoms with E-state index < -0.39 is 0 Å². The van der Waals surface area contributed by atoms with Gasteiger partial charge in [-0.2, -0.15) is 0 Å². The zero-order valence-corrected chi connectivity index (χ0v) is 14.7. The molecule has 2 aromatic rings. The maximum absolute atomic E-state index is 13.0. The summed E-state index contributed by atoms with van der Waals surface area (Å²) in [4.78, 5) is 28.8. The Kier molecular flexibility index (Phi) is 4.71. The minimum Gasteiger partial charge on any atom is -0.323 e. The molecule has 0 bridgehead atoms. The fourth-order valence-electron chi connectivity index (χ4n) is 3.94. The Morgan fingerprint density at radius 3 is 2.69 bits per heavy atom. The molecule has 4 rings (SSSR count). The Morgan fingerprint density at radius 1 is 1.08 bits per heavy atom. The van der Waals surface area contributed by atoms with Crippen LogP contribution in [0.25, 0.3) is 0 Å². The third kappa shape index (κ3) is 3.48. The van der Waals surface area contributed by atoms with Gasteiger partial charge in [0.15, 0.2) is 0 Å². The summed E-state index contributed by atoms with van der Waals surface area (Å²) in [7, 11) is 0. The molecule has 2 aliphatic heterocycles. The van der Waals surface area contributed by atoms with Gasteiger partial charge in [0.2, 0.25) is 11.8 Å². The summed E-state index contributed by atoms with van der Waals surface area (Å²) < 4.78 is 0. The first kappa shape index (κ1) is 16.8. The van der Waals surface area contributed by atoms with Crippen LogP contribution in [0.3, 0.4) is 0 Å². The summed E-state index contributed by atoms with van der Waals surface area (Å²) in [6.45, 7) is 1.39. The summed E-state index contributed by atoms with van der Waals surface area (Å²) in [5.74, 6) is -0.147. The van der Waals surface area contributed by atoms with Crippen molar-refractivity contribution in [1.82, 2.24) is 4.90 Å². The molecule has 0 aliphatic carbocycles. The molecule has 0 unspecified atom stereocenters. The molecule has 134 valence electrons. The van der Waals surface area contributed by atoms with E-state index in [4.69, 9.17) is 0 Å². The predicted octanol–water partition coefficient (Wildman–Crippen LogP) is 2.68. The van der Waals surface area contributed by atoms with Crippen LogP contribution in [0.4, 0.5) is 11.4 Å². The Balaban J connectivity index is 1.46. The van der Waals surface area contributed by atoms with Gasteiger partial charge in [-0.25, -0.2) is 0 Å². The molecule has 0 spiro atoms. The van der Waals surface area contributed by atoms with Gasteiger partial charge in [0.05, 0.1) is 17.9 Å². The second-order valence-corrected chi connectivity index (χ2v) is 7.00. The second-order valence-electron chi connectivity index (χ2n) is 7.00. The molecule has 1 atom stereocenters. The van der Waals surface area contributed by atoms with Crippen molar-refractivity contribution in [2.24, 2.45) is 0 Å². The monoisotopic (exact) mass is 349 g/mol. The van der Waals surface area contributed by atoms with Crippen molar-refractivity contribution in [3.8, 4) is 0 Å². The standard InChI is InChI=1S/C21H23N3O2/c25-20-14-24(19-11-5-4-10-18(19)22-20)21(26)15-23-12-6-9-17(23)13-16-7-2-1-3-8-16/h1-5,7-8,10-11,17H,6,9,12-15H2,(H,22,25)/t17-/m0/s1. The molecule has 2 aliphatic rings. The molecule has 1 N–H and O–H groups in total. The normalized spacial score (nSPS) is 19.9. The minimum atomic E-state index is -0.140. The maximum atomic E-state index is 13.0. The first-order valence-corrected chi connectivity index (χ1v) is 9.18. The van der Waals surface area contributed by atoms with Crippen LogP contribution in [-0.4, -0.2) is 42.4 Å². The van der Waals surface area contributed by atoms with Crippen LogP contribution in [0.1, 0.15) is 18.4 Å². The topological polar surface area (TPSA) is 52.7 Å². The van der Waals surface area contributed by atoms with Gasteiger partial charge in [0.25, 0.3) is 0 Å². The lowest BCUT2D eigenvalue weighted by atomic mass is 10.0. The zero-order valence-electron chi connectivity index (χ0n) is 14.7. The van der Waals surface area contributed by atoms with Gasteiger partial charge in [-0.05, 0) is 43.5 Å². The van der Waals surface area contributed by atoms with E-state index in [1.807, 2.05) is 30.3 Å². The zero-order chi connectivity index (χ0) is 17.9. The molecule has 5 heteroatoms. The molecule has 2 amide bonds. The molecule has 26 heavy (non-hydrogen) atoms. The average Bonchev–Trinajstić information content (AvgIpc) is 3.08. The summed E-state index contributed by atoms with van der Waals surface area (Å²) in [5.41, 5.74) is 2.80. The van der Waals surface area contributed by atoms with Gasteiger partial charge in [-0.3, -0.25) is 19.4 Å². The highest BCUT2D eigenvalue weighted by Crippen LogP contribution is 2.29. The number of hydrogen-bond acceptors (Lipinski definition) is 3. The average molecular weight is 349 g/mol. The van der Waals surface area contributed by atoms with E-state index in [2.05, 4.69) is 34.5 Å². The van der Waals surface area contributed by atoms with Gasteiger partial charge in [0.1, 0.15) is 6.54 Å². The van der Waals surface area contributed by atoms with Gasteiger partial charge >= 0.3 is 0 Å². The number of benzene rings is 2. The number of carbonyl (C=O) groups excluding carboxylic acids is 2. The number of likely N-dealkylation sites (tertiary alicyclic amines) is 1. The molecule has 1 saturated heterocycles. The van der Waals surface area contributed by atoms with Crippen molar-refractivity contribution >= 4 is 23.2 Å². The molecule has 2 heterocycles. The fraction of sp³-hybridized carbons (Fsp3) is 0.333. The van der Waals surface area contributed by atoms with Crippen LogP contribution in [0.2, 0.25) is 0 Å². The Bertz CT molecular complexity index is 806. The smallest absolute Gasteiger partial charge is 0.244 e. The van der Waals surface area contributed by atoms with E-state index in [1.165, 1.54) is 5.56 Å². The lowest BCUT2D eigenvalue weighted by Gasteiger charge is -2.32. The van der Waals surface area contributed by atoms with E-state index in [0.717, 1.165) is 31.5 Å². The van der Waals surface area contributed by atoms with Gasteiger partial charge < -0.3 is 5.32 Å². The molecule has 0 aromatic heterocycles. The number of amides is 2. The summed E-state index contributed by atoms with van der Waals surface area (Å²) in [5, 5.41) is 2.83. The van der Waals surface area contributed by atoms with Gasteiger partial charge in [-0.1, -0.05) is 42.5 Å². The maximum Gasteiger partial charge on any atom is 0.244 e. The van der Waals surface area contributed by atoms with Crippen LogP contribution in [0.5, 0.6) is 0 Å². The van der Waals surface area contributed by atoms with Crippen molar-refractivity contribution < 1.29 is 9.59 Å². The summed E-state index contributed by atoms with van der Waals surface area (Å²) in [6.07, 6.45) is 3.19. The number of anilines is 2. The lowest BCUT2D eigenvalue weighted by molar-refractivity contribution is -0.122. The fourth-order valence-corrected chi connectivity index (χ4v) is 3.94. The Morgan fingerprint density at radius 2 is 1.85 bits per heavy atom. The lowest BCUT2D eigenvalue weighted by Crippen LogP contribution is -2.47. The highest BCUT2D eigenvalue weighted by Gasteiger charge is 2.31. The SMILES string of the molecule is O=C1CN(C(=O)CN2CCC[C@H]2Cc2ccccc2)c2ccccc2N1. The van der Waals surface area contributed by atoms with Gasteiger partial charge in [-0.15, -0.1) is 0 Å². The van der Waals surface area contributed by atoms with Crippen LogP contribution in [-0.2, 0) is 16.0 Å². The van der Waals surface area contributed by atoms with Crippen molar-refractivity contribution in [1.29, 1.82) is 0 Å². The first-order valence-electron chi connectivity index (χ1n) is 9.18. The van der Waals surface area contributed by atoms with E-state index >= 15 is 0 Å². The van der Waals surface area contributed by atoms with Crippen LogP contribution in [0, 0.1) is 0 Å². The number of rotatable bonds is 4. The van der Waals surface area contributed by atoms with E-state index in [9.17, 15) is 9.59 Å². The predicted molar refractivity (Wildman–Crippen MR) is 102 cm³/mol. The number of nitrogens with zero attached hydrogens (tertiary/aromatic N) is 2. The third-order valence-electron chi connectivity index (χ3n) is 5.22. The van der Waals surface area contributed by atoms with Crippen LogP contribution < -0.4 is 10.2 Å². The van der Waals surface area contributed by atoms with Crippen molar-refractivity contribution in [2.75, 3.05) is 29.9 Å². The van der Waals surface area contributed by atoms with Crippen molar-refractivity contribution in [3.05, 3.63) is 60.2 Å². The van der Waals surface area contributed by atoms with E-state index in [0.29, 0.717) is 18.3 Å². The quantitative estimate of drug-likeness (QED) is 0.923. The Hall–Kier alpha value is -2.66.